The Kier molecular flexibility index (Phi) is 4.23. The Morgan fingerprint density at radius 2 is 1.94 bits per heavy atom. The van der Waals surface area contributed by atoms with Crippen molar-refractivity contribution >= 4 is 16.9 Å². The number of aromatic carboxylic acids is 1. The van der Waals surface area contributed by atoms with Crippen LogP contribution in [-0.2, 0) is 6.42 Å². The van der Waals surface area contributed by atoms with E-state index in [9.17, 15) is 4.79 Å². The molecule has 1 aromatic carbocycles. The minimum absolute atomic E-state index is 0.114. The summed E-state index contributed by atoms with van der Waals surface area (Å²) in [4.78, 5) is 10.7. The quantitative estimate of drug-likeness (QED) is 0.715. The van der Waals surface area contributed by atoms with E-state index in [1.54, 1.807) is 12.1 Å². The van der Waals surface area contributed by atoms with Gasteiger partial charge >= 0.3 is 5.97 Å². The minimum atomic E-state index is -0.889. The van der Waals surface area contributed by atoms with Crippen molar-refractivity contribution in [1.29, 1.82) is 0 Å². The lowest BCUT2D eigenvalue weighted by Crippen LogP contribution is -1.97. The standard InChI is InChI=1S/C14H16O3S/c15-9-12-6-8-18(10-12)7-5-11-1-3-13(4-2-11)14(16)17/h1-4,6,8,10,15,18H,5,7,9H2,(H,16,17). The van der Waals surface area contributed by atoms with Crippen molar-refractivity contribution in [3.05, 3.63) is 57.9 Å². The molecule has 0 saturated carbocycles. The van der Waals surface area contributed by atoms with E-state index >= 15 is 0 Å². The molecule has 0 aromatic heterocycles. The molecule has 0 saturated heterocycles. The van der Waals surface area contributed by atoms with Gasteiger partial charge in [0.15, 0.2) is 0 Å². The molecule has 1 heterocycles. The van der Waals surface area contributed by atoms with Gasteiger partial charge in [0.05, 0.1) is 12.2 Å². The molecule has 4 heteroatoms. The van der Waals surface area contributed by atoms with Crippen LogP contribution in [0.15, 0.2) is 46.7 Å². The van der Waals surface area contributed by atoms with Gasteiger partial charge < -0.3 is 10.2 Å². The summed E-state index contributed by atoms with van der Waals surface area (Å²) >= 11 is 0. The number of benzene rings is 1. The third kappa shape index (κ3) is 3.24. The van der Waals surface area contributed by atoms with Crippen LogP contribution in [0.25, 0.3) is 0 Å². The van der Waals surface area contributed by atoms with E-state index in [-0.39, 0.29) is 17.5 Å². The maximum Gasteiger partial charge on any atom is 0.335 e. The Morgan fingerprint density at radius 1 is 1.22 bits per heavy atom. The number of rotatable bonds is 5. The normalized spacial score (nSPS) is 19.8. The molecule has 0 amide bonds. The van der Waals surface area contributed by atoms with Crippen LogP contribution < -0.4 is 0 Å². The van der Waals surface area contributed by atoms with Gasteiger partial charge in [0.1, 0.15) is 0 Å². The van der Waals surface area contributed by atoms with Crippen molar-refractivity contribution in [3.8, 4) is 0 Å². The van der Waals surface area contributed by atoms with Gasteiger partial charge in [-0.3, -0.25) is 0 Å². The first-order chi connectivity index (χ1) is 8.69. The molecule has 0 radical (unpaired) electrons. The van der Waals surface area contributed by atoms with Gasteiger partial charge in [-0.05, 0) is 46.3 Å². The zero-order valence-electron chi connectivity index (χ0n) is 9.91. The SMILES string of the molecule is O=C(O)c1ccc(CC[SH]2C=CC(CO)=C2)cc1. The fraction of sp³-hybridized carbons (Fsp3) is 0.214. The van der Waals surface area contributed by atoms with E-state index in [0.29, 0.717) is 5.56 Å². The summed E-state index contributed by atoms with van der Waals surface area (Å²) in [6.07, 6.45) is 2.92. The smallest absolute Gasteiger partial charge is 0.335 e. The third-order valence-corrected chi connectivity index (χ3v) is 4.79. The molecule has 0 aliphatic carbocycles. The Balaban J connectivity index is 1.89. The van der Waals surface area contributed by atoms with Gasteiger partial charge in [0.2, 0.25) is 0 Å². The van der Waals surface area contributed by atoms with Crippen molar-refractivity contribution in [1.82, 2.24) is 0 Å². The Hall–Kier alpha value is -1.52. The van der Waals surface area contributed by atoms with Crippen LogP contribution >= 0.6 is 10.9 Å². The van der Waals surface area contributed by atoms with E-state index in [1.165, 1.54) is 0 Å². The summed E-state index contributed by atoms with van der Waals surface area (Å²) in [5.41, 5.74) is 2.48. The zero-order valence-corrected chi connectivity index (χ0v) is 10.8. The van der Waals surface area contributed by atoms with Gasteiger partial charge in [-0.25, -0.2) is 15.7 Å². The van der Waals surface area contributed by atoms with Crippen molar-refractivity contribution in [3.63, 3.8) is 0 Å². The molecular weight excluding hydrogens is 248 g/mol. The van der Waals surface area contributed by atoms with E-state index in [0.717, 1.165) is 23.3 Å². The van der Waals surface area contributed by atoms with Crippen LogP contribution in [0.5, 0.6) is 0 Å². The third-order valence-electron chi connectivity index (χ3n) is 2.85. The van der Waals surface area contributed by atoms with Gasteiger partial charge in [0, 0.05) is 0 Å². The lowest BCUT2D eigenvalue weighted by atomic mass is 10.1. The fourth-order valence-corrected chi connectivity index (χ4v) is 3.65. The topological polar surface area (TPSA) is 57.5 Å². The number of aryl methyl sites for hydroxylation is 1. The molecule has 1 aliphatic heterocycles. The average Bonchev–Trinajstić information content (AvgIpc) is 2.85. The molecule has 1 aromatic rings. The summed E-state index contributed by atoms with van der Waals surface area (Å²) in [6, 6.07) is 7.03. The van der Waals surface area contributed by atoms with E-state index < -0.39 is 5.97 Å². The molecule has 0 fully saturated rings. The molecule has 1 unspecified atom stereocenters. The second-order valence-electron chi connectivity index (χ2n) is 4.17. The molecule has 2 N–H and O–H groups in total. The molecule has 1 atom stereocenters. The first-order valence-electron chi connectivity index (χ1n) is 5.77. The highest BCUT2D eigenvalue weighted by Gasteiger charge is 2.06. The lowest BCUT2D eigenvalue weighted by Gasteiger charge is -2.09. The predicted molar refractivity (Wildman–Crippen MR) is 75.3 cm³/mol. The molecule has 2 rings (SSSR count). The van der Waals surface area contributed by atoms with Crippen molar-refractivity contribution < 1.29 is 15.0 Å². The molecule has 0 spiro atoms. The second-order valence-corrected chi connectivity index (χ2v) is 6.20. The number of aliphatic hydroxyl groups is 1. The highest BCUT2D eigenvalue weighted by molar-refractivity contribution is 8.22. The second kappa shape index (κ2) is 5.89. The van der Waals surface area contributed by atoms with Crippen molar-refractivity contribution in [2.24, 2.45) is 0 Å². The number of thiol groups is 1. The number of carboxylic acid groups (broad SMARTS) is 1. The van der Waals surface area contributed by atoms with Gasteiger partial charge in [0.25, 0.3) is 0 Å². The summed E-state index contributed by atoms with van der Waals surface area (Å²) in [6.45, 7) is 0.114. The fourth-order valence-electron chi connectivity index (χ4n) is 1.80. The number of carboxylic acids is 1. The van der Waals surface area contributed by atoms with E-state index in [1.807, 2.05) is 18.2 Å². The molecular formula is C14H16O3S. The van der Waals surface area contributed by atoms with Gasteiger partial charge in [-0.2, -0.15) is 0 Å². The number of aliphatic hydroxyl groups excluding tert-OH is 1. The zero-order chi connectivity index (χ0) is 13.0. The first-order valence-corrected chi connectivity index (χ1v) is 7.43. The summed E-state index contributed by atoms with van der Waals surface area (Å²) in [5, 5.41) is 22.1. The van der Waals surface area contributed by atoms with E-state index in [2.05, 4.69) is 10.8 Å². The molecule has 1 aliphatic rings. The predicted octanol–water partition coefficient (Wildman–Crippen LogP) is 2.33. The first kappa shape index (κ1) is 12.9. The Morgan fingerprint density at radius 3 is 2.50 bits per heavy atom. The number of carbonyl (C=O) groups is 1. The van der Waals surface area contributed by atoms with Crippen LogP contribution in [0, 0.1) is 0 Å². The van der Waals surface area contributed by atoms with E-state index in [4.69, 9.17) is 10.2 Å². The summed E-state index contributed by atoms with van der Waals surface area (Å²) in [5.74, 6) is 0.155. The Bertz CT molecular complexity index is 488. The van der Waals surface area contributed by atoms with Crippen molar-refractivity contribution in [2.45, 2.75) is 6.42 Å². The largest absolute Gasteiger partial charge is 0.478 e. The number of hydrogen-bond donors (Lipinski definition) is 3. The minimum Gasteiger partial charge on any atom is -0.478 e. The molecule has 0 bridgehead atoms. The summed E-state index contributed by atoms with van der Waals surface area (Å²) in [7, 11) is -0.253. The van der Waals surface area contributed by atoms with Crippen molar-refractivity contribution in [2.75, 3.05) is 12.4 Å². The van der Waals surface area contributed by atoms with Crippen LogP contribution in [-0.4, -0.2) is 28.5 Å². The van der Waals surface area contributed by atoms with Gasteiger partial charge in [-0.15, -0.1) is 0 Å². The van der Waals surface area contributed by atoms with Crippen LogP contribution in [0.4, 0.5) is 0 Å². The molecule has 3 nitrogen and oxygen atoms in total. The Labute approximate surface area is 109 Å². The highest BCUT2D eigenvalue weighted by atomic mass is 32.2. The maximum atomic E-state index is 10.7. The molecule has 18 heavy (non-hydrogen) atoms. The van der Waals surface area contributed by atoms with Crippen LogP contribution in [0.1, 0.15) is 15.9 Å². The summed E-state index contributed by atoms with van der Waals surface area (Å²) < 4.78 is 0. The van der Waals surface area contributed by atoms with Crippen LogP contribution in [0.2, 0.25) is 0 Å². The lowest BCUT2D eigenvalue weighted by molar-refractivity contribution is 0.0697. The maximum absolute atomic E-state index is 10.7. The highest BCUT2D eigenvalue weighted by Crippen LogP contribution is 2.36. The average molecular weight is 264 g/mol. The molecule has 96 valence electrons. The van der Waals surface area contributed by atoms with Gasteiger partial charge in [-0.1, -0.05) is 18.2 Å². The number of hydrogen-bond acceptors (Lipinski definition) is 2. The van der Waals surface area contributed by atoms with Crippen LogP contribution in [0.3, 0.4) is 0 Å². The monoisotopic (exact) mass is 264 g/mol.